The Morgan fingerprint density at radius 3 is 2.06 bits per heavy atom. The Morgan fingerprint density at radius 2 is 1.51 bits per heavy atom. The van der Waals surface area contributed by atoms with Crippen molar-refractivity contribution < 1.29 is 41.0 Å². The summed E-state index contributed by atoms with van der Waals surface area (Å²) in [5.41, 5.74) is 1.68. The van der Waals surface area contributed by atoms with Crippen LogP contribution in [0.15, 0.2) is 108 Å². The molecule has 51 heavy (non-hydrogen) atoms. The first kappa shape index (κ1) is 37.6. The van der Waals surface area contributed by atoms with Crippen molar-refractivity contribution in [3.05, 3.63) is 124 Å². The third kappa shape index (κ3) is 8.28. The van der Waals surface area contributed by atoms with E-state index in [2.05, 4.69) is 15.6 Å². The van der Waals surface area contributed by atoms with E-state index < -0.39 is 64.9 Å². The highest BCUT2D eigenvalue weighted by Crippen LogP contribution is 2.41. The number of hydrogen-bond acceptors (Lipinski definition) is 7. The zero-order chi connectivity index (χ0) is 36.9. The number of alkyl carbamates (subject to hydrolysis) is 1. The number of aliphatic hydroxyl groups excluding tert-OH is 1. The maximum absolute atomic E-state index is 14.8. The Labute approximate surface area is 297 Å². The highest BCUT2D eigenvalue weighted by Gasteiger charge is 2.46. The third-order valence-electron chi connectivity index (χ3n) is 8.36. The predicted molar refractivity (Wildman–Crippen MR) is 188 cm³/mol. The van der Waals surface area contributed by atoms with E-state index in [9.17, 15) is 36.3 Å². The molecule has 5 aromatic rings. The molecular formula is C36H37F3N4O6S2. The number of benzene rings is 3. The lowest BCUT2D eigenvalue weighted by Gasteiger charge is -2.32. The lowest BCUT2D eigenvalue weighted by Crippen LogP contribution is -2.52. The number of methoxy groups -OCH3 is 1. The van der Waals surface area contributed by atoms with E-state index in [4.69, 9.17) is 4.74 Å². The van der Waals surface area contributed by atoms with Gasteiger partial charge in [-0.2, -0.15) is 17.5 Å². The van der Waals surface area contributed by atoms with Crippen LogP contribution in [0.1, 0.15) is 52.7 Å². The number of alkyl halides is 3. The summed E-state index contributed by atoms with van der Waals surface area (Å²) in [6.07, 6.45) is -4.37. The summed E-state index contributed by atoms with van der Waals surface area (Å²) in [6.45, 7) is 2.47. The van der Waals surface area contributed by atoms with E-state index in [0.717, 1.165) is 22.9 Å². The molecular weight excluding hydrogens is 706 g/mol. The molecule has 0 unspecified atom stereocenters. The lowest BCUT2D eigenvalue weighted by molar-refractivity contribution is -0.163. The van der Waals surface area contributed by atoms with Crippen LogP contribution in [0, 0.1) is 0 Å². The normalized spacial score (nSPS) is 14.1. The molecule has 0 aliphatic carbocycles. The topological polar surface area (TPSA) is 141 Å². The fourth-order valence-corrected chi connectivity index (χ4v) is 9.11. The van der Waals surface area contributed by atoms with E-state index in [1.165, 1.54) is 18.2 Å². The van der Waals surface area contributed by atoms with Crippen LogP contribution in [-0.4, -0.2) is 66.8 Å². The van der Waals surface area contributed by atoms with Gasteiger partial charge in [0, 0.05) is 33.4 Å². The highest BCUT2D eigenvalue weighted by atomic mass is 32.2. The fraction of sp³-hybridized carbons (Fsp3) is 0.278. The van der Waals surface area contributed by atoms with Crippen molar-refractivity contribution in [1.29, 1.82) is 0 Å². The van der Waals surface area contributed by atoms with Crippen LogP contribution in [0.2, 0.25) is 0 Å². The molecule has 2 heterocycles. The van der Waals surface area contributed by atoms with Gasteiger partial charge in [-0.25, -0.2) is 13.2 Å². The number of fused-ring (bicyclic) bond motifs is 1. The number of nitrogens with zero attached hydrogens (tertiary/aromatic N) is 1. The van der Waals surface area contributed by atoms with E-state index >= 15 is 0 Å². The average molecular weight is 743 g/mol. The molecule has 3 atom stereocenters. The monoisotopic (exact) mass is 742 g/mol. The van der Waals surface area contributed by atoms with Gasteiger partial charge in [0.1, 0.15) is 6.04 Å². The lowest BCUT2D eigenvalue weighted by atomic mass is 9.84. The number of amides is 2. The minimum absolute atomic E-state index is 0.0580. The SMILES string of the molecule is COC(=O)N[C@H](C(=O)N[C@H](c1ccc([C@@H](CO)N(C(C)C)S(=O)(=O)c2ccc3cc[nH]c3c2)s1)C(F)(F)F)C(c1ccccc1)c1ccccc1. The quantitative estimate of drug-likeness (QED) is 0.107. The first-order valence-corrected chi connectivity index (χ1v) is 18.1. The summed E-state index contributed by atoms with van der Waals surface area (Å²) >= 11 is 0.616. The number of H-pyrrole nitrogens is 1. The summed E-state index contributed by atoms with van der Waals surface area (Å²) in [5, 5.41) is 15.8. The van der Waals surface area contributed by atoms with Gasteiger partial charge >= 0.3 is 12.3 Å². The molecule has 270 valence electrons. The van der Waals surface area contributed by atoms with Crippen LogP contribution >= 0.6 is 11.3 Å². The molecule has 4 N–H and O–H groups in total. The summed E-state index contributed by atoms with van der Waals surface area (Å²) in [4.78, 5) is 29.1. The van der Waals surface area contributed by atoms with Crippen LogP contribution in [0.5, 0.6) is 0 Å². The van der Waals surface area contributed by atoms with Gasteiger partial charge < -0.3 is 25.5 Å². The second-order valence-corrected chi connectivity index (χ2v) is 15.0. The van der Waals surface area contributed by atoms with Crippen molar-refractivity contribution in [2.75, 3.05) is 13.7 Å². The number of sulfonamides is 1. The van der Waals surface area contributed by atoms with E-state index in [1.807, 2.05) is 0 Å². The van der Waals surface area contributed by atoms with Gasteiger partial charge in [-0.15, -0.1) is 11.3 Å². The molecule has 2 amide bonds. The Morgan fingerprint density at radius 1 is 0.902 bits per heavy atom. The number of thiophene rings is 1. The molecule has 5 rings (SSSR count). The van der Waals surface area contributed by atoms with E-state index in [0.29, 0.717) is 28.0 Å². The summed E-state index contributed by atoms with van der Waals surface area (Å²) in [5.74, 6) is -2.05. The molecule has 0 radical (unpaired) electrons. The minimum Gasteiger partial charge on any atom is -0.453 e. The second kappa shape index (κ2) is 15.7. The van der Waals surface area contributed by atoms with Crippen molar-refractivity contribution in [3.8, 4) is 0 Å². The number of halogens is 3. The maximum atomic E-state index is 14.8. The molecule has 0 saturated heterocycles. The molecule has 0 bridgehead atoms. The summed E-state index contributed by atoms with van der Waals surface area (Å²) in [7, 11) is -3.18. The highest BCUT2D eigenvalue weighted by molar-refractivity contribution is 7.89. The smallest absolute Gasteiger partial charge is 0.413 e. The first-order chi connectivity index (χ1) is 24.3. The number of aromatic nitrogens is 1. The number of hydrogen-bond donors (Lipinski definition) is 4. The molecule has 0 aliphatic heterocycles. The first-order valence-electron chi connectivity index (χ1n) is 15.9. The molecule has 0 spiro atoms. The molecule has 0 fully saturated rings. The van der Waals surface area contributed by atoms with Crippen molar-refractivity contribution in [1.82, 2.24) is 19.9 Å². The maximum Gasteiger partial charge on any atom is 0.413 e. The van der Waals surface area contributed by atoms with E-state index in [-0.39, 0.29) is 14.6 Å². The van der Waals surface area contributed by atoms with Gasteiger partial charge in [0.15, 0.2) is 6.04 Å². The molecule has 10 nitrogen and oxygen atoms in total. The summed E-state index contributed by atoms with van der Waals surface area (Å²) < 4.78 is 78.2. The van der Waals surface area contributed by atoms with Gasteiger partial charge in [0.2, 0.25) is 15.9 Å². The van der Waals surface area contributed by atoms with Crippen LogP contribution < -0.4 is 10.6 Å². The third-order valence-corrected chi connectivity index (χ3v) is 11.7. The minimum atomic E-state index is -5.01. The number of carbonyl (C=O) groups excluding carboxylic acids is 2. The van der Waals surface area contributed by atoms with Crippen molar-refractivity contribution >= 4 is 44.3 Å². The number of carbonyl (C=O) groups is 2. The van der Waals surface area contributed by atoms with Crippen molar-refractivity contribution in [3.63, 3.8) is 0 Å². The Hall–Kier alpha value is -4.70. The largest absolute Gasteiger partial charge is 0.453 e. The molecule has 3 aromatic carbocycles. The Bertz CT molecular complexity index is 2010. The van der Waals surface area contributed by atoms with Crippen LogP contribution in [0.25, 0.3) is 10.9 Å². The van der Waals surface area contributed by atoms with Crippen LogP contribution in [0.3, 0.4) is 0 Å². The average Bonchev–Trinajstić information content (AvgIpc) is 3.79. The molecule has 0 aliphatic rings. The van der Waals surface area contributed by atoms with E-state index in [1.54, 1.807) is 92.8 Å². The number of ether oxygens (including phenoxy) is 1. The Kier molecular flexibility index (Phi) is 11.5. The zero-order valence-electron chi connectivity index (χ0n) is 27.8. The standard InChI is InChI=1S/C36H37F3N4O6S2/c1-22(2)43(51(47,48)26-15-14-23-18-19-40-27(23)20-26)28(21-44)29-16-17-30(50-29)33(36(37,38)39)42-34(45)32(41-35(46)49-3)31(24-10-6-4-7-11-24)25-12-8-5-9-13-25/h4-20,22,28,31-33,40,44H,21H2,1-3H3,(H,41,46)(H,42,45)/t28-,32+,33-/m1/s1. The zero-order valence-corrected chi connectivity index (χ0v) is 29.4. The predicted octanol–water partition coefficient (Wildman–Crippen LogP) is 6.64. The molecule has 2 aromatic heterocycles. The van der Waals surface area contributed by atoms with Crippen LogP contribution in [-0.2, 0) is 19.6 Å². The number of aliphatic hydroxyl groups is 1. The number of aromatic amines is 1. The van der Waals surface area contributed by atoms with Crippen molar-refractivity contribution in [2.45, 2.75) is 55.0 Å². The second-order valence-electron chi connectivity index (χ2n) is 12.0. The van der Waals surface area contributed by atoms with Gasteiger partial charge in [-0.05, 0) is 60.7 Å². The van der Waals surface area contributed by atoms with Crippen LogP contribution in [0.4, 0.5) is 18.0 Å². The Balaban J connectivity index is 1.50. The van der Waals surface area contributed by atoms with Gasteiger partial charge in [-0.1, -0.05) is 66.7 Å². The summed E-state index contributed by atoms with van der Waals surface area (Å²) in [6, 6.07) is 19.8. The molecule has 0 saturated carbocycles. The van der Waals surface area contributed by atoms with Gasteiger partial charge in [0.25, 0.3) is 0 Å². The fourth-order valence-electron chi connectivity index (χ4n) is 6.04. The van der Waals surface area contributed by atoms with Gasteiger partial charge in [-0.3, -0.25) is 4.79 Å². The molecule has 15 heteroatoms. The number of nitrogens with one attached hydrogen (secondary N) is 3. The van der Waals surface area contributed by atoms with Crippen molar-refractivity contribution in [2.24, 2.45) is 0 Å². The van der Waals surface area contributed by atoms with Gasteiger partial charge in [0.05, 0.1) is 24.7 Å². The number of rotatable bonds is 13.